The zero-order valence-corrected chi connectivity index (χ0v) is 11.0. The van der Waals surface area contributed by atoms with E-state index in [-0.39, 0.29) is 5.41 Å². The molecule has 92 valence electrons. The molecule has 1 amide bonds. The molecule has 0 unspecified atom stereocenters. The monoisotopic (exact) mass is 223 g/mol. The number of nitrogens with zero attached hydrogens (tertiary/aromatic N) is 1. The molecule has 2 rings (SSSR count). The average molecular weight is 223 g/mol. The molecule has 0 spiro atoms. The van der Waals surface area contributed by atoms with Crippen LogP contribution in [0.1, 0.15) is 65.7 Å². The summed E-state index contributed by atoms with van der Waals surface area (Å²) < 4.78 is 0. The molecule has 0 N–H and O–H groups in total. The standard InChI is InChI=1S/C14H25NO/c1-14(2,3)13(16)15(12-9-10-12)11-7-5-4-6-8-11/h11-12H,4-10H2,1-3H3. The summed E-state index contributed by atoms with van der Waals surface area (Å²) in [4.78, 5) is 14.7. The Morgan fingerprint density at radius 2 is 1.44 bits per heavy atom. The van der Waals surface area contributed by atoms with E-state index in [4.69, 9.17) is 0 Å². The van der Waals surface area contributed by atoms with E-state index in [1.807, 2.05) is 20.8 Å². The number of rotatable bonds is 2. The Balaban J connectivity index is 2.07. The van der Waals surface area contributed by atoms with E-state index in [0.717, 1.165) is 0 Å². The van der Waals surface area contributed by atoms with Crippen LogP contribution in [0.5, 0.6) is 0 Å². The highest BCUT2D eigenvalue weighted by Gasteiger charge is 2.41. The van der Waals surface area contributed by atoms with Gasteiger partial charge in [0.15, 0.2) is 0 Å². The Morgan fingerprint density at radius 1 is 0.938 bits per heavy atom. The number of hydrogen-bond acceptors (Lipinski definition) is 1. The zero-order valence-electron chi connectivity index (χ0n) is 11.0. The first kappa shape index (κ1) is 11.9. The predicted molar refractivity (Wildman–Crippen MR) is 66.2 cm³/mol. The molecule has 2 aliphatic rings. The first-order chi connectivity index (χ1) is 7.50. The molecule has 0 saturated heterocycles. The molecule has 0 heterocycles. The van der Waals surface area contributed by atoms with Gasteiger partial charge in [0.25, 0.3) is 0 Å². The van der Waals surface area contributed by atoms with Crippen molar-refractivity contribution < 1.29 is 4.79 Å². The molecular formula is C14H25NO. The van der Waals surface area contributed by atoms with E-state index in [1.165, 1.54) is 44.9 Å². The van der Waals surface area contributed by atoms with Crippen LogP contribution in [0, 0.1) is 5.41 Å². The lowest BCUT2D eigenvalue weighted by atomic mass is 9.89. The summed E-state index contributed by atoms with van der Waals surface area (Å²) in [5, 5.41) is 0. The third-order valence-corrected chi connectivity index (χ3v) is 3.78. The third kappa shape index (κ3) is 2.58. The first-order valence-corrected chi connectivity index (χ1v) is 6.83. The maximum absolute atomic E-state index is 12.5. The molecule has 0 radical (unpaired) electrons. The summed E-state index contributed by atoms with van der Waals surface area (Å²) >= 11 is 0. The van der Waals surface area contributed by atoms with Gasteiger partial charge >= 0.3 is 0 Å². The number of amides is 1. The smallest absolute Gasteiger partial charge is 0.228 e. The highest BCUT2D eigenvalue weighted by atomic mass is 16.2. The van der Waals surface area contributed by atoms with Gasteiger partial charge in [-0.25, -0.2) is 0 Å². The molecule has 0 aromatic heterocycles. The topological polar surface area (TPSA) is 20.3 Å². The summed E-state index contributed by atoms with van der Waals surface area (Å²) in [5.41, 5.74) is -0.208. The molecule has 2 saturated carbocycles. The van der Waals surface area contributed by atoms with Crippen LogP contribution < -0.4 is 0 Å². The third-order valence-electron chi connectivity index (χ3n) is 3.78. The molecular weight excluding hydrogens is 198 g/mol. The fraction of sp³-hybridized carbons (Fsp3) is 0.929. The van der Waals surface area contributed by atoms with Crippen molar-refractivity contribution in [1.82, 2.24) is 4.90 Å². The van der Waals surface area contributed by atoms with Crippen molar-refractivity contribution in [2.24, 2.45) is 5.41 Å². The van der Waals surface area contributed by atoms with Crippen molar-refractivity contribution in [3.05, 3.63) is 0 Å². The lowest BCUT2D eigenvalue weighted by Crippen LogP contribution is -2.47. The molecule has 0 bridgehead atoms. The van der Waals surface area contributed by atoms with Crippen LogP contribution >= 0.6 is 0 Å². The lowest BCUT2D eigenvalue weighted by Gasteiger charge is -2.38. The number of hydrogen-bond donors (Lipinski definition) is 0. The lowest BCUT2D eigenvalue weighted by molar-refractivity contribution is -0.143. The molecule has 0 atom stereocenters. The van der Waals surface area contributed by atoms with Crippen LogP contribution in [0.2, 0.25) is 0 Å². The van der Waals surface area contributed by atoms with E-state index in [1.54, 1.807) is 0 Å². The van der Waals surface area contributed by atoms with Crippen molar-refractivity contribution in [3.63, 3.8) is 0 Å². The van der Waals surface area contributed by atoms with Gasteiger partial charge in [0.2, 0.25) is 5.91 Å². The van der Waals surface area contributed by atoms with Crippen molar-refractivity contribution in [3.8, 4) is 0 Å². The second-order valence-corrected chi connectivity index (χ2v) is 6.49. The summed E-state index contributed by atoms with van der Waals surface area (Å²) in [6, 6.07) is 1.13. The van der Waals surface area contributed by atoms with Gasteiger partial charge in [-0.15, -0.1) is 0 Å². The molecule has 16 heavy (non-hydrogen) atoms. The Bertz CT molecular complexity index is 256. The molecule has 2 aliphatic carbocycles. The number of carbonyl (C=O) groups is 1. The SMILES string of the molecule is CC(C)(C)C(=O)N(C1CCCCC1)C1CC1. The van der Waals surface area contributed by atoms with E-state index in [9.17, 15) is 4.79 Å². The van der Waals surface area contributed by atoms with E-state index < -0.39 is 0 Å². The van der Waals surface area contributed by atoms with Gasteiger partial charge < -0.3 is 4.90 Å². The summed E-state index contributed by atoms with van der Waals surface area (Å²) in [6.45, 7) is 6.15. The van der Waals surface area contributed by atoms with Crippen LogP contribution in [-0.4, -0.2) is 22.9 Å². The van der Waals surface area contributed by atoms with Crippen LogP contribution in [0.4, 0.5) is 0 Å². The van der Waals surface area contributed by atoms with Crippen molar-refractivity contribution in [2.75, 3.05) is 0 Å². The van der Waals surface area contributed by atoms with E-state index in [2.05, 4.69) is 4.90 Å². The van der Waals surface area contributed by atoms with Crippen LogP contribution in [-0.2, 0) is 4.79 Å². The molecule has 2 heteroatoms. The maximum atomic E-state index is 12.5. The van der Waals surface area contributed by atoms with Crippen molar-refractivity contribution in [2.45, 2.75) is 77.8 Å². The van der Waals surface area contributed by atoms with E-state index >= 15 is 0 Å². The minimum absolute atomic E-state index is 0.208. The van der Waals surface area contributed by atoms with Gasteiger partial charge in [0, 0.05) is 17.5 Å². The molecule has 2 fully saturated rings. The van der Waals surface area contributed by atoms with Crippen LogP contribution in [0.15, 0.2) is 0 Å². The van der Waals surface area contributed by atoms with Gasteiger partial charge in [-0.2, -0.15) is 0 Å². The molecule has 2 nitrogen and oxygen atoms in total. The van der Waals surface area contributed by atoms with Crippen LogP contribution in [0.25, 0.3) is 0 Å². The minimum Gasteiger partial charge on any atom is -0.336 e. The van der Waals surface area contributed by atoms with Crippen LogP contribution in [0.3, 0.4) is 0 Å². The molecule has 0 aliphatic heterocycles. The quantitative estimate of drug-likeness (QED) is 0.703. The normalized spacial score (nSPS) is 23.2. The number of carbonyl (C=O) groups excluding carboxylic acids is 1. The fourth-order valence-electron chi connectivity index (χ4n) is 2.73. The summed E-state index contributed by atoms with van der Waals surface area (Å²) in [7, 11) is 0. The fourth-order valence-corrected chi connectivity index (χ4v) is 2.73. The highest BCUT2D eigenvalue weighted by molar-refractivity contribution is 5.82. The second-order valence-electron chi connectivity index (χ2n) is 6.49. The van der Waals surface area contributed by atoms with Gasteiger partial charge in [0.05, 0.1) is 0 Å². The largest absolute Gasteiger partial charge is 0.336 e. The Labute approximate surface area is 99.4 Å². The van der Waals surface area contributed by atoms with Gasteiger partial charge in [-0.1, -0.05) is 40.0 Å². The summed E-state index contributed by atoms with van der Waals surface area (Å²) in [5.74, 6) is 0.377. The van der Waals surface area contributed by atoms with Crippen molar-refractivity contribution in [1.29, 1.82) is 0 Å². The Morgan fingerprint density at radius 3 is 1.88 bits per heavy atom. The maximum Gasteiger partial charge on any atom is 0.228 e. The first-order valence-electron chi connectivity index (χ1n) is 6.83. The predicted octanol–water partition coefficient (Wildman–Crippen LogP) is 3.36. The average Bonchev–Trinajstić information content (AvgIpc) is 3.02. The van der Waals surface area contributed by atoms with Gasteiger partial charge in [0.1, 0.15) is 0 Å². The van der Waals surface area contributed by atoms with E-state index in [0.29, 0.717) is 18.0 Å². The van der Waals surface area contributed by atoms with Gasteiger partial charge in [-0.3, -0.25) is 4.79 Å². The highest BCUT2D eigenvalue weighted by Crippen LogP contribution is 2.36. The Kier molecular flexibility index (Phi) is 3.27. The van der Waals surface area contributed by atoms with Crippen molar-refractivity contribution >= 4 is 5.91 Å². The summed E-state index contributed by atoms with van der Waals surface area (Å²) in [6.07, 6.45) is 8.92. The molecule has 0 aromatic carbocycles. The zero-order chi connectivity index (χ0) is 11.8. The minimum atomic E-state index is -0.208. The Hall–Kier alpha value is -0.530. The molecule has 0 aromatic rings. The second kappa shape index (κ2) is 4.38. The van der Waals surface area contributed by atoms with Gasteiger partial charge in [-0.05, 0) is 25.7 Å².